The van der Waals surface area contributed by atoms with Crippen molar-refractivity contribution in [2.75, 3.05) is 31.3 Å². The number of ether oxygens (including phenoxy) is 1. The number of hydrogen-bond donors (Lipinski definition) is 1. The molecule has 0 aliphatic rings. The fourth-order valence-corrected chi connectivity index (χ4v) is 4.53. The summed E-state index contributed by atoms with van der Waals surface area (Å²) in [4.78, 5) is 26.9. The molecule has 9 heteroatoms. The molecular formula is C24H33N3O5S. The van der Waals surface area contributed by atoms with Crippen molar-refractivity contribution in [3.8, 4) is 5.75 Å². The maximum absolute atomic E-state index is 13.1. The summed E-state index contributed by atoms with van der Waals surface area (Å²) in [6.45, 7) is 4.08. The van der Waals surface area contributed by atoms with Crippen molar-refractivity contribution in [2.45, 2.75) is 39.3 Å². The van der Waals surface area contributed by atoms with E-state index >= 15 is 0 Å². The van der Waals surface area contributed by atoms with Crippen LogP contribution in [0, 0.1) is 6.92 Å². The van der Waals surface area contributed by atoms with Gasteiger partial charge in [-0.15, -0.1) is 0 Å². The molecule has 0 aliphatic carbocycles. The Hall–Kier alpha value is -3.07. The minimum absolute atomic E-state index is 0.100. The van der Waals surface area contributed by atoms with E-state index in [1.807, 2.05) is 31.2 Å². The number of nitrogens with one attached hydrogen (secondary N) is 1. The summed E-state index contributed by atoms with van der Waals surface area (Å²) in [5.74, 6) is 0.0674. The van der Waals surface area contributed by atoms with Crippen LogP contribution < -0.4 is 14.4 Å². The number of amides is 2. The van der Waals surface area contributed by atoms with Gasteiger partial charge in [0.15, 0.2) is 0 Å². The van der Waals surface area contributed by atoms with Gasteiger partial charge in [-0.1, -0.05) is 35.9 Å². The Bertz CT molecular complexity index is 1070. The lowest BCUT2D eigenvalue weighted by atomic mass is 10.1. The van der Waals surface area contributed by atoms with Crippen LogP contribution in [-0.2, 0) is 26.2 Å². The highest BCUT2D eigenvalue weighted by molar-refractivity contribution is 7.92. The highest BCUT2D eigenvalue weighted by atomic mass is 32.2. The molecule has 0 aliphatic heterocycles. The first-order valence-corrected chi connectivity index (χ1v) is 12.6. The molecule has 0 unspecified atom stereocenters. The zero-order chi connectivity index (χ0) is 24.6. The largest absolute Gasteiger partial charge is 0.497 e. The number of rotatable bonds is 11. The second-order valence-corrected chi connectivity index (χ2v) is 9.85. The Morgan fingerprint density at radius 2 is 1.82 bits per heavy atom. The van der Waals surface area contributed by atoms with E-state index in [2.05, 4.69) is 5.32 Å². The van der Waals surface area contributed by atoms with Crippen molar-refractivity contribution in [2.24, 2.45) is 0 Å². The Balaban J connectivity index is 2.15. The molecule has 0 saturated carbocycles. The Labute approximate surface area is 196 Å². The van der Waals surface area contributed by atoms with Crippen LogP contribution in [0.1, 0.15) is 30.9 Å². The predicted octanol–water partition coefficient (Wildman–Crippen LogP) is 2.71. The van der Waals surface area contributed by atoms with Crippen LogP contribution in [0.4, 0.5) is 5.69 Å². The molecule has 0 fully saturated rings. The van der Waals surface area contributed by atoms with E-state index in [0.717, 1.165) is 17.4 Å². The number of nitrogens with zero attached hydrogens (tertiary/aromatic N) is 2. The van der Waals surface area contributed by atoms with Crippen molar-refractivity contribution >= 4 is 27.5 Å². The van der Waals surface area contributed by atoms with Gasteiger partial charge in [0.1, 0.15) is 11.8 Å². The number of benzene rings is 2. The predicted molar refractivity (Wildman–Crippen MR) is 130 cm³/mol. The van der Waals surface area contributed by atoms with Gasteiger partial charge in [-0.3, -0.25) is 13.9 Å². The summed E-state index contributed by atoms with van der Waals surface area (Å²) < 4.78 is 31.2. The molecular weight excluding hydrogens is 442 g/mol. The third kappa shape index (κ3) is 7.49. The lowest BCUT2D eigenvalue weighted by molar-refractivity contribution is -0.140. The van der Waals surface area contributed by atoms with Crippen LogP contribution in [-0.4, -0.2) is 58.1 Å². The molecule has 0 saturated heterocycles. The number of anilines is 1. The number of sulfonamides is 1. The average molecular weight is 476 g/mol. The van der Waals surface area contributed by atoms with E-state index in [0.29, 0.717) is 24.4 Å². The van der Waals surface area contributed by atoms with E-state index in [1.165, 1.54) is 23.4 Å². The molecule has 0 aromatic heterocycles. The van der Waals surface area contributed by atoms with Gasteiger partial charge in [0.2, 0.25) is 21.8 Å². The van der Waals surface area contributed by atoms with Crippen LogP contribution in [0.5, 0.6) is 5.75 Å². The highest BCUT2D eigenvalue weighted by Gasteiger charge is 2.26. The SMILES string of the molecule is CNC(=O)[C@@H](C)N(Cc1cccc(C)c1)C(=O)CCCN(c1cccc(OC)c1)S(C)(=O)=O. The van der Waals surface area contributed by atoms with Gasteiger partial charge in [0.05, 0.1) is 19.1 Å². The number of likely N-dealkylation sites (N-methyl/N-ethyl adjacent to an activating group) is 1. The maximum atomic E-state index is 13.1. The smallest absolute Gasteiger partial charge is 0.242 e. The molecule has 0 heterocycles. The molecule has 1 N–H and O–H groups in total. The molecule has 2 aromatic carbocycles. The van der Waals surface area contributed by atoms with E-state index in [4.69, 9.17) is 4.74 Å². The molecule has 2 rings (SSSR count). The summed E-state index contributed by atoms with van der Waals surface area (Å²) in [7, 11) is -0.513. The lowest BCUT2D eigenvalue weighted by Crippen LogP contribution is -2.46. The van der Waals surface area contributed by atoms with E-state index < -0.39 is 16.1 Å². The number of aryl methyl sites for hydroxylation is 1. The molecule has 0 radical (unpaired) electrons. The second-order valence-electron chi connectivity index (χ2n) is 7.94. The molecule has 0 spiro atoms. The fraction of sp³-hybridized carbons (Fsp3) is 0.417. The lowest BCUT2D eigenvalue weighted by Gasteiger charge is -2.29. The maximum Gasteiger partial charge on any atom is 0.242 e. The van der Waals surface area contributed by atoms with Crippen molar-refractivity contribution < 1.29 is 22.7 Å². The second kappa shape index (κ2) is 11.7. The van der Waals surface area contributed by atoms with Crippen molar-refractivity contribution in [1.29, 1.82) is 0 Å². The van der Waals surface area contributed by atoms with Crippen LogP contribution in [0.3, 0.4) is 0 Å². The van der Waals surface area contributed by atoms with Crippen LogP contribution in [0.25, 0.3) is 0 Å². The highest BCUT2D eigenvalue weighted by Crippen LogP contribution is 2.24. The van der Waals surface area contributed by atoms with Gasteiger partial charge in [0, 0.05) is 32.6 Å². The first-order valence-electron chi connectivity index (χ1n) is 10.7. The topological polar surface area (TPSA) is 96.0 Å². The van der Waals surface area contributed by atoms with Crippen LogP contribution in [0.15, 0.2) is 48.5 Å². The molecule has 33 heavy (non-hydrogen) atoms. The molecule has 2 amide bonds. The molecule has 2 aromatic rings. The van der Waals surface area contributed by atoms with Crippen molar-refractivity contribution in [3.63, 3.8) is 0 Å². The minimum Gasteiger partial charge on any atom is -0.497 e. The van der Waals surface area contributed by atoms with Crippen LogP contribution in [0.2, 0.25) is 0 Å². The van der Waals surface area contributed by atoms with E-state index in [9.17, 15) is 18.0 Å². The summed E-state index contributed by atoms with van der Waals surface area (Å²) >= 11 is 0. The first-order chi connectivity index (χ1) is 15.6. The standard InChI is InChI=1S/C24H33N3O5S/c1-18-9-6-10-20(15-18)17-26(19(2)24(29)25-3)23(28)13-8-14-27(33(5,30)31)21-11-7-12-22(16-21)32-4/h6-7,9-12,15-16,19H,8,13-14,17H2,1-5H3,(H,25,29)/t19-/m1/s1. The Kier molecular flexibility index (Phi) is 9.28. The molecule has 0 bridgehead atoms. The third-order valence-corrected chi connectivity index (χ3v) is 6.54. The quantitative estimate of drug-likeness (QED) is 0.539. The van der Waals surface area contributed by atoms with Crippen molar-refractivity contribution in [1.82, 2.24) is 10.2 Å². The van der Waals surface area contributed by atoms with Gasteiger partial charge in [0.25, 0.3) is 0 Å². The zero-order valence-corrected chi connectivity index (χ0v) is 20.7. The monoisotopic (exact) mass is 475 g/mol. The van der Waals surface area contributed by atoms with Gasteiger partial charge < -0.3 is 15.0 Å². The normalized spacial score (nSPS) is 12.0. The molecule has 8 nitrogen and oxygen atoms in total. The van der Waals surface area contributed by atoms with E-state index in [1.54, 1.807) is 31.2 Å². The Morgan fingerprint density at radius 1 is 1.12 bits per heavy atom. The summed E-state index contributed by atoms with van der Waals surface area (Å²) in [6.07, 6.45) is 1.53. The number of carbonyl (C=O) groups excluding carboxylic acids is 2. The van der Waals surface area contributed by atoms with Gasteiger partial charge in [-0.2, -0.15) is 0 Å². The number of methoxy groups -OCH3 is 1. The van der Waals surface area contributed by atoms with Crippen LogP contribution >= 0.6 is 0 Å². The van der Waals surface area contributed by atoms with Gasteiger partial charge in [-0.25, -0.2) is 8.42 Å². The van der Waals surface area contributed by atoms with Gasteiger partial charge in [-0.05, 0) is 38.0 Å². The fourth-order valence-electron chi connectivity index (χ4n) is 3.57. The zero-order valence-electron chi connectivity index (χ0n) is 19.9. The van der Waals surface area contributed by atoms with Gasteiger partial charge >= 0.3 is 0 Å². The van der Waals surface area contributed by atoms with E-state index in [-0.39, 0.29) is 24.8 Å². The third-order valence-electron chi connectivity index (χ3n) is 5.34. The average Bonchev–Trinajstić information content (AvgIpc) is 2.78. The molecule has 1 atom stereocenters. The molecule has 180 valence electrons. The summed E-state index contributed by atoms with van der Waals surface area (Å²) in [5.41, 5.74) is 2.46. The number of carbonyl (C=O) groups is 2. The number of hydrogen-bond acceptors (Lipinski definition) is 5. The summed E-state index contributed by atoms with van der Waals surface area (Å²) in [6, 6.07) is 13.9. The minimum atomic E-state index is -3.56. The summed E-state index contributed by atoms with van der Waals surface area (Å²) in [5, 5.41) is 2.59. The first kappa shape index (κ1) is 26.2. The van der Waals surface area contributed by atoms with Crippen molar-refractivity contribution in [3.05, 3.63) is 59.7 Å². The Morgan fingerprint density at radius 3 is 2.42 bits per heavy atom.